The van der Waals surface area contributed by atoms with Gasteiger partial charge in [0.1, 0.15) is 11.5 Å². The zero-order chi connectivity index (χ0) is 32.6. The predicted octanol–water partition coefficient (Wildman–Crippen LogP) is 7.94. The van der Waals surface area contributed by atoms with Crippen molar-refractivity contribution in [1.29, 1.82) is 0 Å². The average Bonchev–Trinajstić information content (AvgIpc) is 3.28. The summed E-state index contributed by atoms with van der Waals surface area (Å²) in [7, 11) is -4.00. The molecule has 2 saturated carbocycles. The van der Waals surface area contributed by atoms with E-state index in [4.69, 9.17) is 4.74 Å². The third kappa shape index (κ3) is 7.29. The Labute approximate surface area is 262 Å². The predicted molar refractivity (Wildman–Crippen MR) is 162 cm³/mol. The smallest absolute Gasteiger partial charge is 0.453 e. The number of hydrogen-bond donors (Lipinski definition) is 2. The molecule has 0 radical (unpaired) electrons. The van der Waals surface area contributed by atoms with E-state index in [1.165, 1.54) is 16.7 Å². The van der Waals surface area contributed by atoms with Gasteiger partial charge in [-0.3, -0.25) is 0 Å². The minimum Gasteiger partial charge on any atom is -0.508 e. The van der Waals surface area contributed by atoms with Crippen LogP contribution in [0.2, 0.25) is 0 Å². The lowest BCUT2D eigenvalue weighted by molar-refractivity contribution is -0.282. The summed E-state index contributed by atoms with van der Waals surface area (Å²) in [6.07, 6.45) is -1.11. The molecule has 5 nitrogen and oxygen atoms in total. The molecule has 2 aromatic carbocycles. The van der Waals surface area contributed by atoms with Gasteiger partial charge in [0.15, 0.2) is 9.84 Å². The number of phenolic OH excluding ortho intramolecular Hbond substituents is 1. The number of benzene rings is 2. The lowest BCUT2D eigenvalue weighted by Gasteiger charge is -2.54. The lowest BCUT2D eigenvalue weighted by atomic mass is 9.51. The van der Waals surface area contributed by atoms with Crippen LogP contribution in [0.4, 0.5) is 22.0 Å². The monoisotopic (exact) mass is 658 g/mol. The third-order valence-electron chi connectivity index (χ3n) is 10.7. The Morgan fingerprint density at radius 2 is 1.64 bits per heavy atom. The summed E-state index contributed by atoms with van der Waals surface area (Å²) in [4.78, 5) is 0. The van der Waals surface area contributed by atoms with Gasteiger partial charge in [-0.25, -0.2) is 8.42 Å². The first-order valence-corrected chi connectivity index (χ1v) is 17.8. The molecule has 0 bridgehead atoms. The molecule has 11 heteroatoms. The molecule has 250 valence electrons. The quantitative estimate of drug-likeness (QED) is 0.179. The fourth-order valence-electron chi connectivity index (χ4n) is 8.30. The van der Waals surface area contributed by atoms with Crippen LogP contribution in [-0.4, -0.2) is 54.9 Å². The molecule has 0 saturated heterocycles. The minimum atomic E-state index is -5.75. The van der Waals surface area contributed by atoms with Gasteiger partial charge in [-0.05, 0) is 115 Å². The summed E-state index contributed by atoms with van der Waals surface area (Å²) in [6.45, 7) is 2.66. The first-order chi connectivity index (χ1) is 21.1. The number of alkyl halides is 5. The van der Waals surface area contributed by atoms with Crippen LogP contribution < -0.4 is 4.74 Å². The first kappa shape index (κ1) is 33.9. The van der Waals surface area contributed by atoms with Crippen LogP contribution in [0.25, 0.3) is 0 Å². The molecule has 3 aliphatic carbocycles. The summed E-state index contributed by atoms with van der Waals surface area (Å²) < 4.78 is 92.6. The number of hydrogen-bond acceptors (Lipinski definition) is 5. The van der Waals surface area contributed by atoms with Crippen molar-refractivity contribution in [2.45, 2.75) is 101 Å². The Bertz CT molecular complexity index is 1430. The molecule has 2 fully saturated rings. The van der Waals surface area contributed by atoms with E-state index in [9.17, 15) is 40.6 Å². The summed E-state index contributed by atoms with van der Waals surface area (Å²) in [5, 5.41) is 21.2. The largest absolute Gasteiger partial charge is 0.508 e. The second kappa shape index (κ2) is 13.0. The van der Waals surface area contributed by atoms with Gasteiger partial charge >= 0.3 is 12.1 Å². The van der Waals surface area contributed by atoms with Crippen molar-refractivity contribution >= 4 is 9.84 Å². The Morgan fingerprint density at radius 3 is 2.36 bits per heavy atom. The summed E-state index contributed by atoms with van der Waals surface area (Å²) >= 11 is 0. The number of fused-ring (bicyclic) bond motifs is 5. The van der Waals surface area contributed by atoms with E-state index in [0.29, 0.717) is 55.1 Å². The van der Waals surface area contributed by atoms with Gasteiger partial charge in [-0.15, -0.1) is 0 Å². The summed E-state index contributed by atoms with van der Waals surface area (Å²) in [5.74, 6) is -4.16. The number of aliphatic hydroxyl groups excluding tert-OH is 1. The molecule has 0 unspecified atom stereocenters. The number of phenols is 1. The second-order valence-electron chi connectivity index (χ2n) is 13.6. The van der Waals surface area contributed by atoms with Crippen molar-refractivity contribution in [2.24, 2.45) is 17.3 Å². The van der Waals surface area contributed by atoms with E-state index in [0.717, 1.165) is 32.1 Å². The van der Waals surface area contributed by atoms with Gasteiger partial charge in [0, 0.05) is 6.42 Å². The molecule has 0 spiro atoms. The highest BCUT2D eigenvalue weighted by molar-refractivity contribution is 7.91. The maximum absolute atomic E-state index is 13.0. The van der Waals surface area contributed by atoms with Gasteiger partial charge in [-0.1, -0.05) is 38.0 Å². The number of aromatic hydroxyl groups is 1. The van der Waals surface area contributed by atoms with Crippen molar-refractivity contribution in [1.82, 2.24) is 0 Å². The fraction of sp³-hybridized carbons (Fsp3) is 0.647. The molecule has 0 aromatic heterocycles. The minimum absolute atomic E-state index is 0.136. The Balaban J connectivity index is 1.13. The topological polar surface area (TPSA) is 83.8 Å². The summed E-state index contributed by atoms with van der Waals surface area (Å²) in [6, 6.07) is 13.9. The molecule has 5 rings (SSSR count). The Kier molecular flexibility index (Phi) is 9.81. The van der Waals surface area contributed by atoms with E-state index in [1.807, 2.05) is 18.2 Å². The Hall–Kier alpha value is -2.40. The second-order valence-corrected chi connectivity index (χ2v) is 15.9. The number of aliphatic hydroxyl groups is 1. The van der Waals surface area contributed by atoms with Crippen LogP contribution in [0.5, 0.6) is 11.5 Å². The van der Waals surface area contributed by atoms with Crippen molar-refractivity contribution < 1.29 is 45.3 Å². The number of ether oxygens (including phenoxy) is 1. The zero-order valence-corrected chi connectivity index (χ0v) is 26.4. The molecule has 0 aliphatic heterocycles. The molecular weight excluding hydrogens is 615 g/mol. The van der Waals surface area contributed by atoms with E-state index in [2.05, 4.69) is 25.1 Å². The standard InChI is InChI=1S/C34H43F5O5S/c1-32-21-28(31-26-13-9-24(40)20-23(26)8-12-27(31)29(32)14-15-30(32)41)22-6-10-25(11-7-22)44-17-4-2-3-5-18-45(42,43)19-16-33(35,36)34(37,38)39/h6-7,9-11,13,20,27-31,40-41H,2-5,8,12,14-19,21H2,1H3/t27-,28+,29-,30-,31+,32-/m0/s1. The van der Waals surface area contributed by atoms with Crippen LogP contribution >= 0.6 is 0 Å². The molecule has 0 heterocycles. The first-order valence-electron chi connectivity index (χ1n) is 16.0. The van der Waals surface area contributed by atoms with Crippen LogP contribution in [0, 0.1) is 17.3 Å². The molecule has 3 aliphatic rings. The number of aryl methyl sites for hydroxylation is 1. The number of rotatable bonds is 12. The van der Waals surface area contributed by atoms with Gasteiger partial charge in [0.05, 0.1) is 24.2 Å². The highest BCUT2D eigenvalue weighted by Crippen LogP contribution is 2.65. The maximum Gasteiger partial charge on any atom is 0.453 e. The molecule has 45 heavy (non-hydrogen) atoms. The van der Waals surface area contributed by atoms with Crippen LogP contribution in [0.3, 0.4) is 0 Å². The molecular formula is C34H43F5O5S. The highest BCUT2D eigenvalue weighted by atomic mass is 32.2. The summed E-state index contributed by atoms with van der Waals surface area (Å²) in [5.41, 5.74) is 3.59. The maximum atomic E-state index is 13.0. The van der Waals surface area contributed by atoms with Gasteiger partial charge < -0.3 is 14.9 Å². The number of halogens is 5. The number of sulfone groups is 1. The van der Waals surface area contributed by atoms with Crippen LogP contribution in [0.1, 0.15) is 93.2 Å². The van der Waals surface area contributed by atoms with Crippen molar-refractivity contribution in [3.63, 3.8) is 0 Å². The molecule has 2 aromatic rings. The average molecular weight is 659 g/mol. The van der Waals surface area contributed by atoms with Crippen LogP contribution in [-0.2, 0) is 16.3 Å². The Morgan fingerprint density at radius 1 is 0.933 bits per heavy atom. The van der Waals surface area contributed by atoms with E-state index in [-0.39, 0.29) is 23.9 Å². The third-order valence-corrected chi connectivity index (χ3v) is 12.5. The SMILES string of the molecule is C[C@]12C[C@H](c3ccc(OCCCCCCS(=O)(=O)CCC(F)(F)C(F)(F)F)cc3)[C@@H]3c4ccc(O)cc4CC[C@H]3[C@@H]1CC[C@@H]2O. The van der Waals surface area contributed by atoms with E-state index in [1.54, 1.807) is 6.07 Å². The molecule has 2 N–H and O–H groups in total. The normalized spacial score (nSPS) is 28.3. The van der Waals surface area contributed by atoms with Crippen molar-refractivity contribution in [2.75, 3.05) is 18.1 Å². The lowest BCUT2D eigenvalue weighted by Crippen LogP contribution is -2.47. The van der Waals surface area contributed by atoms with Crippen LogP contribution in [0.15, 0.2) is 42.5 Å². The van der Waals surface area contributed by atoms with Gasteiger partial charge in [0.2, 0.25) is 0 Å². The zero-order valence-electron chi connectivity index (χ0n) is 25.5. The van der Waals surface area contributed by atoms with E-state index >= 15 is 0 Å². The van der Waals surface area contributed by atoms with Crippen molar-refractivity contribution in [3.8, 4) is 11.5 Å². The van der Waals surface area contributed by atoms with E-state index < -0.39 is 39.9 Å². The van der Waals surface area contributed by atoms with Gasteiger partial charge in [-0.2, -0.15) is 22.0 Å². The number of unbranched alkanes of at least 4 members (excludes halogenated alkanes) is 3. The van der Waals surface area contributed by atoms with Crippen molar-refractivity contribution in [3.05, 3.63) is 59.2 Å². The molecule has 6 atom stereocenters. The van der Waals surface area contributed by atoms with Gasteiger partial charge in [0.25, 0.3) is 0 Å². The highest BCUT2D eigenvalue weighted by Gasteiger charge is 2.58. The molecule has 0 amide bonds. The fourth-order valence-corrected chi connectivity index (χ4v) is 9.72.